The van der Waals surface area contributed by atoms with Crippen LogP contribution >= 0.6 is 0 Å². The van der Waals surface area contributed by atoms with Gasteiger partial charge in [-0.3, -0.25) is 0 Å². The van der Waals surface area contributed by atoms with Crippen LogP contribution in [-0.2, 0) is 6.18 Å². The van der Waals surface area contributed by atoms with E-state index in [4.69, 9.17) is 5.73 Å². The van der Waals surface area contributed by atoms with Crippen LogP contribution in [0.25, 0.3) is 6.08 Å². The van der Waals surface area contributed by atoms with E-state index in [1.54, 1.807) is 0 Å². The third-order valence-electron chi connectivity index (χ3n) is 2.57. The van der Waals surface area contributed by atoms with Crippen molar-refractivity contribution in [3.05, 3.63) is 41.0 Å². The number of alkyl halides is 3. The molecule has 1 rings (SSSR count). The minimum atomic E-state index is -4.28. The molecule has 0 saturated heterocycles. The number of hydrogen-bond acceptors (Lipinski definition) is 1. The van der Waals surface area contributed by atoms with Gasteiger partial charge in [0.1, 0.15) is 0 Å². The maximum absolute atomic E-state index is 12.3. The predicted molar refractivity (Wildman–Crippen MR) is 63.3 cm³/mol. The molecule has 4 heteroatoms. The highest BCUT2D eigenvalue weighted by molar-refractivity contribution is 5.54. The van der Waals surface area contributed by atoms with Crippen LogP contribution in [-0.4, -0.2) is 6.54 Å². The summed E-state index contributed by atoms with van der Waals surface area (Å²) in [4.78, 5) is 0. The molecular weight excluding hydrogens is 227 g/mol. The second-order valence-electron chi connectivity index (χ2n) is 4.20. The summed E-state index contributed by atoms with van der Waals surface area (Å²) in [5.74, 6) is 0.294. The fourth-order valence-corrected chi connectivity index (χ4v) is 1.44. The molecule has 0 radical (unpaired) electrons. The van der Waals surface area contributed by atoms with Crippen LogP contribution in [0.15, 0.2) is 29.8 Å². The first-order chi connectivity index (χ1) is 7.84. The molecule has 17 heavy (non-hydrogen) atoms. The van der Waals surface area contributed by atoms with Gasteiger partial charge in [0, 0.05) is 6.54 Å². The molecule has 0 aliphatic rings. The molecule has 0 unspecified atom stereocenters. The summed E-state index contributed by atoms with van der Waals surface area (Å²) in [6.07, 6.45) is -2.44. The third-order valence-corrected chi connectivity index (χ3v) is 2.57. The zero-order chi connectivity index (χ0) is 13.1. The maximum atomic E-state index is 12.3. The van der Waals surface area contributed by atoms with Crippen molar-refractivity contribution in [3.63, 3.8) is 0 Å². The fraction of sp³-hybridized carbons (Fsp3) is 0.385. The topological polar surface area (TPSA) is 26.0 Å². The predicted octanol–water partition coefficient (Wildman–Crippen LogP) is 3.70. The molecule has 0 fully saturated rings. The highest BCUT2D eigenvalue weighted by atomic mass is 19.4. The smallest absolute Gasteiger partial charge is 0.327 e. The number of benzene rings is 1. The molecule has 0 saturated carbocycles. The van der Waals surface area contributed by atoms with Gasteiger partial charge in [0.2, 0.25) is 0 Å². The molecule has 1 nitrogen and oxygen atoms in total. The Bertz CT molecular complexity index is 388. The first kappa shape index (κ1) is 13.8. The van der Waals surface area contributed by atoms with Crippen LogP contribution in [0.3, 0.4) is 0 Å². The van der Waals surface area contributed by atoms with Crippen LogP contribution in [0.4, 0.5) is 13.2 Å². The lowest BCUT2D eigenvalue weighted by atomic mass is 10.00. The van der Waals surface area contributed by atoms with Crippen molar-refractivity contribution in [2.75, 3.05) is 6.54 Å². The first-order valence-electron chi connectivity index (χ1n) is 5.42. The zero-order valence-corrected chi connectivity index (χ0v) is 9.88. The van der Waals surface area contributed by atoms with Crippen molar-refractivity contribution in [2.45, 2.75) is 20.0 Å². The molecule has 0 aromatic heterocycles. The van der Waals surface area contributed by atoms with Crippen LogP contribution < -0.4 is 5.73 Å². The van der Waals surface area contributed by atoms with Gasteiger partial charge in [-0.2, -0.15) is 13.2 Å². The molecule has 1 aromatic rings. The van der Waals surface area contributed by atoms with Gasteiger partial charge in [0.25, 0.3) is 0 Å². The fourth-order valence-electron chi connectivity index (χ4n) is 1.44. The maximum Gasteiger partial charge on any atom is 0.416 e. The van der Waals surface area contributed by atoms with Crippen molar-refractivity contribution < 1.29 is 13.2 Å². The highest BCUT2D eigenvalue weighted by Gasteiger charge is 2.29. The minimum Gasteiger partial charge on any atom is -0.327 e. The van der Waals surface area contributed by atoms with Crippen molar-refractivity contribution in [1.29, 1.82) is 0 Å². The monoisotopic (exact) mass is 243 g/mol. The summed E-state index contributed by atoms with van der Waals surface area (Å²) in [7, 11) is 0. The highest BCUT2D eigenvalue weighted by Crippen LogP contribution is 2.29. The molecule has 0 aliphatic heterocycles. The molecule has 0 spiro atoms. The van der Waals surface area contributed by atoms with Gasteiger partial charge >= 0.3 is 6.18 Å². The van der Waals surface area contributed by atoms with E-state index in [0.717, 1.165) is 23.3 Å². The van der Waals surface area contributed by atoms with Gasteiger partial charge in [-0.05, 0) is 23.6 Å². The lowest BCUT2D eigenvalue weighted by Crippen LogP contribution is -2.08. The summed E-state index contributed by atoms with van der Waals surface area (Å²) in [5, 5.41) is 0. The van der Waals surface area contributed by atoms with E-state index in [1.165, 1.54) is 12.1 Å². The van der Waals surface area contributed by atoms with Crippen LogP contribution in [0.1, 0.15) is 25.0 Å². The minimum absolute atomic E-state index is 0.294. The van der Waals surface area contributed by atoms with Crippen molar-refractivity contribution in [2.24, 2.45) is 11.7 Å². The summed E-state index contributed by atoms with van der Waals surface area (Å²) in [6, 6.07) is 5.09. The first-order valence-corrected chi connectivity index (χ1v) is 5.42. The van der Waals surface area contributed by atoms with Crippen molar-refractivity contribution in [1.82, 2.24) is 0 Å². The molecule has 0 bridgehead atoms. The molecule has 1 aromatic carbocycles. The second-order valence-corrected chi connectivity index (χ2v) is 4.20. The lowest BCUT2D eigenvalue weighted by molar-refractivity contribution is -0.137. The molecule has 2 N–H and O–H groups in total. The molecule has 0 heterocycles. The van der Waals surface area contributed by atoms with Crippen LogP contribution in [0.5, 0.6) is 0 Å². The largest absolute Gasteiger partial charge is 0.416 e. The van der Waals surface area contributed by atoms with E-state index in [-0.39, 0.29) is 0 Å². The van der Waals surface area contributed by atoms with E-state index in [0.29, 0.717) is 12.5 Å². The normalized spacial score (nSPS) is 13.2. The zero-order valence-electron chi connectivity index (χ0n) is 9.88. The SMILES string of the molecule is CC(C)C(=Cc1ccc(C(F)(F)F)cc1)CN. The second kappa shape index (κ2) is 5.36. The lowest BCUT2D eigenvalue weighted by Gasteiger charge is -2.09. The van der Waals surface area contributed by atoms with E-state index in [2.05, 4.69) is 0 Å². The average molecular weight is 243 g/mol. The molecule has 0 atom stereocenters. The Morgan fingerprint density at radius 2 is 1.76 bits per heavy atom. The average Bonchev–Trinajstić information content (AvgIpc) is 2.25. The summed E-state index contributed by atoms with van der Waals surface area (Å²) in [5.41, 5.74) is 6.70. The summed E-state index contributed by atoms with van der Waals surface area (Å²) < 4.78 is 37.0. The van der Waals surface area contributed by atoms with Gasteiger partial charge in [-0.25, -0.2) is 0 Å². The molecule has 94 valence electrons. The Hall–Kier alpha value is -1.29. The Labute approximate surface area is 99.1 Å². The van der Waals surface area contributed by atoms with Crippen LogP contribution in [0.2, 0.25) is 0 Å². The van der Waals surface area contributed by atoms with Crippen molar-refractivity contribution in [3.8, 4) is 0 Å². The molecular formula is C13H16F3N. The molecule has 0 amide bonds. The van der Waals surface area contributed by atoms with Gasteiger partial charge in [-0.15, -0.1) is 0 Å². The third kappa shape index (κ3) is 3.89. The number of rotatable bonds is 3. The Morgan fingerprint density at radius 3 is 2.12 bits per heavy atom. The van der Waals surface area contributed by atoms with E-state index < -0.39 is 11.7 Å². The van der Waals surface area contributed by atoms with Crippen molar-refractivity contribution >= 4 is 6.08 Å². The van der Waals surface area contributed by atoms with Gasteiger partial charge in [0.05, 0.1) is 5.56 Å². The standard InChI is InChI=1S/C13H16F3N/c1-9(2)11(8-17)7-10-3-5-12(6-4-10)13(14,15)16/h3-7,9H,8,17H2,1-2H3. The van der Waals surface area contributed by atoms with Gasteiger partial charge in [-0.1, -0.05) is 37.6 Å². The Morgan fingerprint density at radius 1 is 1.24 bits per heavy atom. The van der Waals surface area contributed by atoms with E-state index in [1.807, 2.05) is 19.9 Å². The summed E-state index contributed by atoms with van der Waals surface area (Å²) >= 11 is 0. The Kier molecular flexibility index (Phi) is 4.34. The Balaban J connectivity index is 2.96. The molecule has 0 aliphatic carbocycles. The number of nitrogens with two attached hydrogens (primary N) is 1. The van der Waals surface area contributed by atoms with Crippen LogP contribution in [0, 0.1) is 5.92 Å². The van der Waals surface area contributed by atoms with E-state index in [9.17, 15) is 13.2 Å². The van der Waals surface area contributed by atoms with Gasteiger partial charge in [0.15, 0.2) is 0 Å². The number of halogens is 3. The van der Waals surface area contributed by atoms with E-state index >= 15 is 0 Å². The quantitative estimate of drug-likeness (QED) is 0.860. The number of hydrogen-bond donors (Lipinski definition) is 1. The summed E-state index contributed by atoms with van der Waals surface area (Å²) in [6.45, 7) is 4.42. The van der Waals surface area contributed by atoms with Gasteiger partial charge < -0.3 is 5.73 Å².